The molecule has 0 radical (unpaired) electrons. The second-order valence-electron chi connectivity index (χ2n) is 6.73. The number of nitrogens with zero attached hydrogens (tertiary/aromatic N) is 3. The lowest BCUT2D eigenvalue weighted by Crippen LogP contribution is -2.40. The zero-order chi connectivity index (χ0) is 19.7. The number of carbonyl (C=O) groups excluding carboxylic acids is 1. The summed E-state index contributed by atoms with van der Waals surface area (Å²) in [4.78, 5) is 21.1. The monoisotopic (exact) mass is 386 g/mol. The van der Waals surface area contributed by atoms with Crippen LogP contribution in [0, 0.1) is 0 Å². The van der Waals surface area contributed by atoms with E-state index in [0.29, 0.717) is 23.8 Å². The van der Waals surface area contributed by atoms with Gasteiger partial charge in [-0.25, -0.2) is 18.7 Å². The Morgan fingerprint density at radius 2 is 2.14 bits per heavy atom. The van der Waals surface area contributed by atoms with Gasteiger partial charge in [0.15, 0.2) is 5.78 Å². The van der Waals surface area contributed by atoms with Gasteiger partial charge < -0.3 is 14.5 Å². The molecule has 3 aromatic heterocycles. The molecule has 28 heavy (non-hydrogen) atoms. The lowest BCUT2D eigenvalue weighted by atomic mass is 10.0. The minimum absolute atomic E-state index is 0.00343. The van der Waals surface area contributed by atoms with Gasteiger partial charge in [-0.3, -0.25) is 4.79 Å². The number of ether oxygens (including phenoxy) is 1. The van der Waals surface area contributed by atoms with E-state index >= 15 is 0 Å². The maximum Gasteiger partial charge on any atom is 0.280 e. The molecule has 1 aliphatic rings. The van der Waals surface area contributed by atoms with Crippen molar-refractivity contribution in [3.63, 3.8) is 0 Å². The van der Waals surface area contributed by atoms with E-state index < -0.39 is 12.1 Å². The number of hydrogen-bond acceptors (Lipinski definition) is 5. The highest BCUT2D eigenvalue weighted by Gasteiger charge is 2.23. The molecule has 1 aliphatic heterocycles. The van der Waals surface area contributed by atoms with Gasteiger partial charge in [0.05, 0.1) is 12.3 Å². The summed E-state index contributed by atoms with van der Waals surface area (Å²) < 4.78 is 33.3. The molecule has 0 spiro atoms. The van der Waals surface area contributed by atoms with Crippen molar-refractivity contribution in [1.82, 2.24) is 19.7 Å². The number of rotatable bonds is 7. The molecule has 4 heterocycles. The Hall–Kier alpha value is -2.87. The highest BCUT2D eigenvalue weighted by atomic mass is 19.3. The van der Waals surface area contributed by atoms with Crippen molar-refractivity contribution in [2.75, 3.05) is 19.7 Å². The van der Waals surface area contributed by atoms with Crippen molar-refractivity contribution in [3.8, 4) is 5.75 Å². The fourth-order valence-corrected chi connectivity index (χ4v) is 3.19. The number of hydrogen-bond donors (Lipinski definition) is 1. The average Bonchev–Trinajstić information content (AvgIpc) is 3.02. The highest BCUT2D eigenvalue weighted by molar-refractivity contribution is 5.96. The number of fused-ring (bicyclic) bond motifs is 1. The van der Waals surface area contributed by atoms with E-state index in [0.717, 1.165) is 24.4 Å². The van der Waals surface area contributed by atoms with Crippen molar-refractivity contribution in [2.45, 2.75) is 25.7 Å². The van der Waals surface area contributed by atoms with Crippen LogP contribution in [0.3, 0.4) is 0 Å². The number of imidazole rings is 1. The van der Waals surface area contributed by atoms with E-state index in [1.165, 1.54) is 18.2 Å². The molecule has 0 aromatic carbocycles. The van der Waals surface area contributed by atoms with Crippen LogP contribution >= 0.6 is 0 Å². The van der Waals surface area contributed by atoms with Crippen LogP contribution in [0.2, 0.25) is 0 Å². The van der Waals surface area contributed by atoms with Gasteiger partial charge in [-0.05, 0) is 19.1 Å². The number of nitrogens with one attached hydrogen (secondary N) is 1. The summed E-state index contributed by atoms with van der Waals surface area (Å²) in [6.45, 7) is 4.11. The summed E-state index contributed by atoms with van der Waals surface area (Å²) in [5.41, 5.74) is 2.03. The molecule has 4 rings (SSSR count). The topological polar surface area (TPSA) is 68.5 Å². The quantitative estimate of drug-likeness (QED) is 0.632. The molecule has 0 aliphatic carbocycles. The van der Waals surface area contributed by atoms with Crippen LogP contribution in [0.5, 0.6) is 5.75 Å². The number of alkyl halides is 2. The Morgan fingerprint density at radius 1 is 1.32 bits per heavy atom. The molecule has 0 atom stereocenters. The number of ketones is 1. The molecule has 146 valence electrons. The third kappa shape index (κ3) is 3.60. The van der Waals surface area contributed by atoms with Gasteiger partial charge in [-0.2, -0.15) is 0 Å². The van der Waals surface area contributed by atoms with Crippen molar-refractivity contribution >= 4 is 11.4 Å². The molecular formula is C20H20F2N4O2. The third-order valence-electron chi connectivity index (χ3n) is 4.78. The van der Waals surface area contributed by atoms with E-state index in [-0.39, 0.29) is 17.9 Å². The summed E-state index contributed by atoms with van der Waals surface area (Å²) in [5.74, 6) is 0.616. The van der Waals surface area contributed by atoms with Crippen molar-refractivity contribution in [1.29, 1.82) is 0 Å². The molecule has 3 aromatic rings. The normalized spacial score (nSPS) is 14.4. The minimum atomic E-state index is -2.71. The smallest absolute Gasteiger partial charge is 0.280 e. The zero-order valence-electron chi connectivity index (χ0n) is 15.4. The van der Waals surface area contributed by atoms with Crippen molar-refractivity contribution in [2.24, 2.45) is 0 Å². The predicted octanol–water partition coefficient (Wildman–Crippen LogP) is 3.18. The zero-order valence-corrected chi connectivity index (χ0v) is 15.4. The second-order valence-corrected chi connectivity index (χ2v) is 6.73. The Balaban J connectivity index is 1.65. The fraction of sp³-hybridized carbons (Fsp3) is 0.350. The first-order valence-electron chi connectivity index (χ1n) is 9.18. The van der Waals surface area contributed by atoms with Crippen LogP contribution in [-0.4, -0.2) is 39.8 Å². The summed E-state index contributed by atoms with van der Waals surface area (Å²) in [6, 6.07) is 5.89. The molecule has 8 heteroatoms. The Morgan fingerprint density at radius 3 is 2.82 bits per heavy atom. The number of aromatic nitrogens is 3. The third-order valence-corrected chi connectivity index (χ3v) is 4.78. The molecule has 1 saturated heterocycles. The van der Waals surface area contributed by atoms with Crippen LogP contribution in [0.15, 0.2) is 36.7 Å². The number of pyridine rings is 2. The molecule has 0 bridgehead atoms. The van der Waals surface area contributed by atoms with E-state index in [1.54, 1.807) is 0 Å². The molecule has 1 N–H and O–H groups in total. The SMILES string of the molecule is CCOc1cc2nc(C3CNC3)cn2cc1CC(=O)c1cccc(C(F)F)n1. The van der Waals surface area contributed by atoms with Gasteiger partial charge in [-0.15, -0.1) is 0 Å². The lowest BCUT2D eigenvalue weighted by molar-refractivity contribution is 0.0984. The van der Waals surface area contributed by atoms with E-state index in [1.807, 2.05) is 29.8 Å². The molecule has 0 amide bonds. The maximum absolute atomic E-state index is 12.9. The number of halogens is 2. The van der Waals surface area contributed by atoms with Crippen LogP contribution < -0.4 is 10.1 Å². The first-order chi connectivity index (χ1) is 13.5. The van der Waals surface area contributed by atoms with E-state index in [4.69, 9.17) is 4.74 Å². The first kappa shape index (κ1) is 18.5. The molecule has 6 nitrogen and oxygen atoms in total. The molecular weight excluding hydrogens is 366 g/mol. The molecule has 1 fully saturated rings. The predicted molar refractivity (Wildman–Crippen MR) is 99.2 cm³/mol. The largest absolute Gasteiger partial charge is 0.493 e. The fourth-order valence-electron chi connectivity index (χ4n) is 3.19. The van der Waals surface area contributed by atoms with E-state index in [9.17, 15) is 13.6 Å². The van der Waals surface area contributed by atoms with Crippen molar-refractivity contribution < 1.29 is 18.3 Å². The van der Waals surface area contributed by atoms with Gasteiger partial charge in [0, 0.05) is 49.5 Å². The van der Waals surface area contributed by atoms with Gasteiger partial charge >= 0.3 is 0 Å². The van der Waals surface area contributed by atoms with E-state index in [2.05, 4.69) is 15.3 Å². The highest BCUT2D eigenvalue weighted by Crippen LogP contribution is 2.26. The first-order valence-corrected chi connectivity index (χ1v) is 9.18. The molecule has 0 unspecified atom stereocenters. The van der Waals surface area contributed by atoms with Crippen molar-refractivity contribution in [3.05, 3.63) is 59.3 Å². The Kier molecular flexibility index (Phi) is 5.04. The van der Waals surface area contributed by atoms with Crippen LogP contribution in [0.25, 0.3) is 5.65 Å². The average molecular weight is 386 g/mol. The van der Waals surface area contributed by atoms with Gasteiger partial charge in [0.1, 0.15) is 22.8 Å². The minimum Gasteiger partial charge on any atom is -0.493 e. The van der Waals surface area contributed by atoms with Gasteiger partial charge in [0.2, 0.25) is 0 Å². The summed E-state index contributed by atoms with van der Waals surface area (Å²) in [6.07, 6.45) is 1.06. The van der Waals surface area contributed by atoms with Crippen LogP contribution in [-0.2, 0) is 6.42 Å². The van der Waals surface area contributed by atoms with Gasteiger partial charge in [0.25, 0.3) is 6.43 Å². The Labute approximate surface area is 160 Å². The maximum atomic E-state index is 12.9. The standard InChI is InChI=1S/C20H20F2N4O2/c1-2-28-18-7-19-25-16(13-8-23-9-13)11-26(19)10-12(18)6-17(27)14-4-3-5-15(24-14)20(21)22/h3-5,7,10-11,13,20,23H,2,6,8-9H2,1H3. The van der Waals surface area contributed by atoms with Gasteiger partial charge in [-0.1, -0.05) is 6.07 Å². The number of carbonyl (C=O) groups is 1. The summed E-state index contributed by atoms with van der Waals surface area (Å²) in [5, 5.41) is 3.22. The van der Waals surface area contributed by atoms with Crippen LogP contribution in [0.4, 0.5) is 8.78 Å². The molecule has 0 saturated carbocycles. The summed E-state index contributed by atoms with van der Waals surface area (Å²) in [7, 11) is 0. The Bertz CT molecular complexity index is 1010. The van der Waals surface area contributed by atoms with Crippen LogP contribution in [0.1, 0.15) is 46.7 Å². The lowest BCUT2D eigenvalue weighted by Gasteiger charge is -2.24. The second kappa shape index (κ2) is 7.63. The summed E-state index contributed by atoms with van der Waals surface area (Å²) >= 11 is 0. The number of Topliss-reactive ketones (excluding diaryl/α,β-unsaturated/α-hetero) is 1.